The topological polar surface area (TPSA) is 67.0 Å². The zero-order valence-corrected chi connectivity index (χ0v) is 13.9. The van der Waals surface area contributed by atoms with Gasteiger partial charge in [-0.2, -0.15) is 0 Å². The molecule has 0 atom stereocenters. The van der Waals surface area contributed by atoms with Crippen molar-refractivity contribution < 1.29 is 17.2 Å². The van der Waals surface area contributed by atoms with Gasteiger partial charge in [0.05, 0.1) is 20.8 Å². The van der Waals surface area contributed by atoms with Gasteiger partial charge in [0.2, 0.25) is 15.3 Å². The van der Waals surface area contributed by atoms with Crippen molar-refractivity contribution in [3.63, 3.8) is 0 Å². The van der Waals surface area contributed by atoms with Gasteiger partial charge in [-0.25, -0.2) is 17.2 Å². The number of fused-ring (bicyclic) bond motifs is 1. The lowest BCUT2D eigenvalue weighted by Gasteiger charge is -2.07. The molecule has 3 aromatic rings. The van der Waals surface area contributed by atoms with E-state index in [1.807, 2.05) is 0 Å². The lowest BCUT2D eigenvalue weighted by atomic mass is 10.2. The minimum absolute atomic E-state index is 0.0510. The fourth-order valence-corrected chi connectivity index (χ4v) is 4.00. The summed E-state index contributed by atoms with van der Waals surface area (Å²) in [7, 11) is -4.29. The van der Waals surface area contributed by atoms with Crippen molar-refractivity contribution in [1.82, 2.24) is 4.98 Å². The average molecular weight is 390 g/mol. The van der Waals surface area contributed by atoms with E-state index >= 15 is 0 Å². The van der Waals surface area contributed by atoms with Gasteiger partial charge >= 0.3 is 0 Å². The summed E-state index contributed by atoms with van der Waals surface area (Å²) in [4.78, 5) is 13.9. The number of H-pyrrole nitrogens is 1. The third-order valence-electron chi connectivity index (χ3n) is 3.36. The number of aromatic amines is 1. The molecule has 0 aliphatic rings. The molecular weight excluding hydrogens is 383 g/mol. The van der Waals surface area contributed by atoms with E-state index in [-0.39, 0.29) is 20.8 Å². The molecule has 0 aliphatic carbocycles. The molecule has 0 saturated heterocycles. The Morgan fingerprint density at radius 1 is 1.00 bits per heavy atom. The molecule has 0 fully saturated rings. The second-order valence-electron chi connectivity index (χ2n) is 4.87. The van der Waals surface area contributed by atoms with Gasteiger partial charge in [-0.3, -0.25) is 4.79 Å². The minimum Gasteiger partial charge on any atom is -0.357 e. The van der Waals surface area contributed by atoms with Crippen LogP contribution in [0.4, 0.5) is 8.78 Å². The molecule has 0 amide bonds. The molecule has 1 aromatic heterocycles. The molecule has 9 heteroatoms. The van der Waals surface area contributed by atoms with Gasteiger partial charge in [0.25, 0.3) is 0 Å². The normalized spacial score (nSPS) is 11.8. The zero-order chi connectivity index (χ0) is 17.6. The van der Waals surface area contributed by atoms with E-state index in [1.54, 1.807) is 0 Å². The van der Waals surface area contributed by atoms with Crippen LogP contribution in [0.1, 0.15) is 0 Å². The Labute approximate surface area is 144 Å². The first-order valence-electron chi connectivity index (χ1n) is 6.42. The summed E-state index contributed by atoms with van der Waals surface area (Å²) in [6.45, 7) is 0. The van der Waals surface area contributed by atoms with Crippen molar-refractivity contribution in [2.24, 2.45) is 0 Å². The van der Waals surface area contributed by atoms with Crippen LogP contribution in [0, 0.1) is 11.6 Å². The van der Waals surface area contributed by atoms with Crippen molar-refractivity contribution in [2.75, 3.05) is 0 Å². The Balaban J connectivity index is 2.31. The molecule has 2 aromatic carbocycles. The predicted octanol–water partition coefficient (Wildman–Crippen LogP) is 3.95. The summed E-state index contributed by atoms with van der Waals surface area (Å²) in [5.41, 5.74) is -1.09. The quantitative estimate of drug-likeness (QED) is 0.674. The molecule has 24 heavy (non-hydrogen) atoms. The number of pyridine rings is 1. The van der Waals surface area contributed by atoms with E-state index in [4.69, 9.17) is 23.2 Å². The van der Waals surface area contributed by atoms with E-state index in [2.05, 4.69) is 4.98 Å². The highest BCUT2D eigenvalue weighted by molar-refractivity contribution is 7.91. The van der Waals surface area contributed by atoms with E-state index in [0.29, 0.717) is 0 Å². The second-order valence-corrected chi connectivity index (χ2v) is 7.63. The van der Waals surface area contributed by atoms with E-state index < -0.39 is 36.8 Å². The number of hydrogen-bond donors (Lipinski definition) is 1. The predicted molar refractivity (Wildman–Crippen MR) is 86.4 cm³/mol. The van der Waals surface area contributed by atoms with Crippen LogP contribution in [-0.4, -0.2) is 13.4 Å². The van der Waals surface area contributed by atoms with Crippen LogP contribution in [0.3, 0.4) is 0 Å². The Bertz CT molecular complexity index is 1140. The highest BCUT2D eigenvalue weighted by atomic mass is 35.5. The number of aromatic nitrogens is 1. The second kappa shape index (κ2) is 5.84. The van der Waals surface area contributed by atoms with Gasteiger partial charge in [0.1, 0.15) is 16.5 Å². The maximum atomic E-state index is 13.8. The smallest absolute Gasteiger partial charge is 0.211 e. The van der Waals surface area contributed by atoms with E-state index in [0.717, 1.165) is 36.5 Å². The zero-order valence-electron chi connectivity index (χ0n) is 11.6. The first kappa shape index (κ1) is 16.9. The van der Waals surface area contributed by atoms with Crippen LogP contribution in [0.15, 0.2) is 51.1 Å². The molecular formula is C15H7Cl2F2NO3S. The molecule has 4 nitrogen and oxygen atoms in total. The Kier molecular flexibility index (Phi) is 4.11. The summed E-state index contributed by atoms with van der Waals surface area (Å²) < 4.78 is 52.2. The molecule has 0 radical (unpaired) electrons. The first-order chi connectivity index (χ1) is 11.2. The summed E-state index contributed by atoms with van der Waals surface area (Å²) in [5.74, 6) is -1.58. The summed E-state index contributed by atoms with van der Waals surface area (Å²) in [6, 6.07) is 4.91. The van der Waals surface area contributed by atoms with Crippen molar-refractivity contribution in [2.45, 2.75) is 9.79 Å². The monoisotopic (exact) mass is 389 g/mol. The molecule has 0 spiro atoms. The highest BCUT2D eigenvalue weighted by Gasteiger charge is 2.24. The number of nitrogens with one attached hydrogen (secondary N) is 1. The van der Waals surface area contributed by atoms with Crippen molar-refractivity contribution in [3.05, 3.63) is 68.4 Å². The van der Waals surface area contributed by atoms with Crippen LogP contribution >= 0.6 is 23.2 Å². The van der Waals surface area contributed by atoms with Crippen LogP contribution in [0.5, 0.6) is 0 Å². The van der Waals surface area contributed by atoms with Crippen LogP contribution in [-0.2, 0) is 9.84 Å². The SMILES string of the molecule is O=c1c(S(=O)(=O)c2ccc(F)c(Cl)c2)c[nH]c2c(F)cc(Cl)cc12. The third-order valence-corrected chi connectivity index (χ3v) is 5.63. The van der Waals surface area contributed by atoms with Gasteiger partial charge in [-0.15, -0.1) is 0 Å². The van der Waals surface area contributed by atoms with Gasteiger partial charge < -0.3 is 4.98 Å². The van der Waals surface area contributed by atoms with Gasteiger partial charge in [-0.1, -0.05) is 23.2 Å². The van der Waals surface area contributed by atoms with Crippen molar-refractivity contribution in [3.8, 4) is 0 Å². The maximum absolute atomic E-state index is 13.8. The van der Waals surface area contributed by atoms with Gasteiger partial charge in [-0.05, 0) is 30.3 Å². The minimum atomic E-state index is -4.29. The van der Waals surface area contributed by atoms with E-state index in [1.165, 1.54) is 0 Å². The number of rotatable bonds is 2. The summed E-state index contributed by atoms with van der Waals surface area (Å²) >= 11 is 11.3. The fourth-order valence-electron chi connectivity index (χ4n) is 2.21. The van der Waals surface area contributed by atoms with Crippen LogP contribution < -0.4 is 5.43 Å². The largest absolute Gasteiger partial charge is 0.357 e. The molecule has 3 rings (SSSR count). The van der Waals surface area contributed by atoms with Crippen LogP contribution in [0.2, 0.25) is 10.0 Å². The van der Waals surface area contributed by atoms with Gasteiger partial charge in [0.15, 0.2) is 0 Å². The molecule has 1 N–H and O–H groups in total. The van der Waals surface area contributed by atoms with Crippen LogP contribution in [0.25, 0.3) is 10.9 Å². The maximum Gasteiger partial charge on any atom is 0.211 e. The number of hydrogen-bond acceptors (Lipinski definition) is 3. The first-order valence-corrected chi connectivity index (χ1v) is 8.66. The summed E-state index contributed by atoms with van der Waals surface area (Å²) in [5, 5.41) is -0.665. The number of sulfone groups is 1. The third kappa shape index (κ3) is 2.68. The summed E-state index contributed by atoms with van der Waals surface area (Å²) in [6.07, 6.45) is 0.883. The average Bonchev–Trinajstić information content (AvgIpc) is 2.50. The Hall–Kier alpha value is -1.96. The highest BCUT2D eigenvalue weighted by Crippen LogP contribution is 2.25. The Morgan fingerprint density at radius 2 is 1.71 bits per heavy atom. The van der Waals surface area contributed by atoms with Crippen molar-refractivity contribution >= 4 is 43.9 Å². The molecule has 0 saturated carbocycles. The standard InChI is InChI=1S/C15H7Cl2F2NO3S/c16-7-3-9-14(12(19)4-7)20-6-13(15(9)21)24(22,23)8-1-2-11(18)10(17)5-8/h1-6H,(H,20,21). The number of halogens is 4. The molecule has 1 heterocycles. The molecule has 0 aliphatic heterocycles. The van der Waals surface area contributed by atoms with Crippen molar-refractivity contribution in [1.29, 1.82) is 0 Å². The molecule has 0 unspecified atom stereocenters. The van der Waals surface area contributed by atoms with E-state index in [9.17, 15) is 22.0 Å². The lowest BCUT2D eigenvalue weighted by molar-refractivity contribution is 0.593. The van der Waals surface area contributed by atoms with Gasteiger partial charge in [0, 0.05) is 11.2 Å². The number of benzene rings is 2. The molecule has 0 bridgehead atoms. The molecule has 124 valence electrons. The lowest BCUT2D eigenvalue weighted by Crippen LogP contribution is -2.16. The Morgan fingerprint density at radius 3 is 2.38 bits per heavy atom. The fraction of sp³-hybridized carbons (Fsp3) is 0.